The first-order valence-electron chi connectivity index (χ1n) is 5.24. The lowest BCUT2D eigenvalue weighted by molar-refractivity contribution is -0.138. The molecule has 17 heavy (non-hydrogen) atoms. The molecule has 0 spiro atoms. The van der Waals surface area contributed by atoms with Crippen molar-refractivity contribution in [1.29, 1.82) is 0 Å². The van der Waals surface area contributed by atoms with Crippen LogP contribution in [0.3, 0.4) is 0 Å². The molecule has 0 aliphatic heterocycles. The number of benzene rings is 1. The van der Waals surface area contributed by atoms with Crippen LogP contribution in [0.15, 0.2) is 18.2 Å². The van der Waals surface area contributed by atoms with Gasteiger partial charge in [-0.3, -0.25) is 4.79 Å². The quantitative estimate of drug-likeness (QED) is 0.784. The molecule has 2 aromatic rings. The second-order valence-corrected chi connectivity index (χ2v) is 4.45. The molecule has 0 aliphatic rings. The van der Waals surface area contributed by atoms with E-state index in [2.05, 4.69) is 4.98 Å². The van der Waals surface area contributed by atoms with Crippen molar-refractivity contribution < 1.29 is 9.90 Å². The molecule has 0 saturated carbocycles. The van der Waals surface area contributed by atoms with Gasteiger partial charge in [0.1, 0.15) is 0 Å². The topological polar surface area (TPSA) is 79.1 Å². The summed E-state index contributed by atoms with van der Waals surface area (Å²) in [6.45, 7) is 1.96. The minimum Gasteiger partial charge on any atom is -0.481 e. The molecule has 0 bridgehead atoms. The number of nitrogens with two attached hydrogens (primary N) is 1. The molecule has 5 heteroatoms. The molecule has 2 rings (SSSR count). The zero-order valence-electron chi connectivity index (χ0n) is 9.33. The SMILES string of the molecule is Cc1cc2cc(Cl)c(C(CN)C(=O)O)cc2[nH]1. The van der Waals surface area contributed by atoms with Crippen LogP contribution in [0.5, 0.6) is 0 Å². The first-order valence-corrected chi connectivity index (χ1v) is 5.62. The van der Waals surface area contributed by atoms with Gasteiger partial charge in [-0.05, 0) is 30.7 Å². The summed E-state index contributed by atoms with van der Waals surface area (Å²) in [5.74, 6) is -1.73. The van der Waals surface area contributed by atoms with Gasteiger partial charge in [-0.25, -0.2) is 0 Å². The van der Waals surface area contributed by atoms with Gasteiger partial charge < -0.3 is 15.8 Å². The van der Waals surface area contributed by atoms with Crippen LogP contribution in [0.1, 0.15) is 17.2 Å². The average Bonchev–Trinajstić information content (AvgIpc) is 2.58. The predicted octanol–water partition coefficient (Wildman–Crippen LogP) is 2.26. The number of halogens is 1. The second-order valence-electron chi connectivity index (χ2n) is 4.04. The van der Waals surface area contributed by atoms with Gasteiger partial charge in [0.05, 0.1) is 5.92 Å². The minimum atomic E-state index is -0.961. The maximum Gasteiger partial charge on any atom is 0.312 e. The average molecular weight is 253 g/mol. The first-order chi connectivity index (χ1) is 8.02. The number of hydrogen-bond donors (Lipinski definition) is 3. The molecule has 1 unspecified atom stereocenters. The summed E-state index contributed by atoms with van der Waals surface area (Å²) < 4.78 is 0. The Morgan fingerprint density at radius 2 is 2.24 bits per heavy atom. The van der Waals surface area contributed by atoms with E-state index in [1.807, 2.05) is 13.0 Å². The van der Waals surface area contributed by atoms with Crippen LogP contribution in [-0.4, -0.2) is 22.6 Å². The maximum atomic E-state index is 11.1. The number of hydrogen-bond acceptors (Lipinski definition) is 2. The van der Waals surface area contributed by atoms with Crippen molar-refractivity contribution in [3.05, 3.63) is 34.5 Å². The largest absolute Gasteiger partial charge is 0.481 e. The lowest BCUT2D eigenvalue weighted by Gasteiger charge is -2.12. The Balaban J connectivity index is 2.60. The third kappa shape index (κ3) is 2.14. The van der Waals surface area contributed by atoms with Gasteiger partial charge in [0, 0.05) is 28.2 Å². The van der Waals surface area contributed by atoms with Crippen molar-refractivity contribution in [2.24, 2.45) is 5.73 Å². The number of rotatable bonds is 3. The third-order valence-corrected chi connectivity index (χ3v) is 3.11. The minimum absolute atomic E-state index is 0.0280. The zero-order chi connectivity index (χ0) is 12.6. The van der Waals surface area contributed by atoms with Gasteiger partial charge in [-0.1, -0.05) is 11.6 Å². The van der Waals surface area contributed by atoms with E-state index >= 15 is 0 Å². The van der Waals surface area contributed by atoms with Crippen molar-refractivity contribution >= 4 is 28.5 Å². The number of aromatic nitrogens is 1. The number of carbonyl (C=O) groups is 1. The molecular weight excluding hydrogens is 240 g/mol. The van der Waals surface area contributed by atoms with E-state index in [-0.39, 0.29) is 6.54 Å². The molecule has 1 aromatic heterocycles. The Hall–Kier alpha value is -1.52. The van der Waals surface area contributed by atoms with Crippen LogP contribution < -0.4 is 5.73 Å². The summed E-state index contributed by atoms with van der Waals surface area (Å²) in [6.07, 6.45) is 0. The van der Waals surface area contributed by atoms with Crippen LogP contribution in [0.4, 0.5) is 0 Å². The number of aryl methyl sites for hydroxylation is 1. The molecule has 0 saturated heterocycles. The van der Waals surface area contributed by atoms with Crippen molar-refractivity contribution in [2.45, 2.75) is 12.8 Å². The first kappa shape index (κ1) is 12.0. The van der Waals surface area contributed by atoms with Crippen molar-refractivity contribution in [1.82, 2.24) is 4.98 Å². The second kappa shape index (κ2) is 4.39. The fourth-order valence-corrected chi connectivity index (χ4v) is 2.25. The van der Waals surface area contributed by atoms with Gasteiger partial charge in [-0.2, -0.15) is 0 Å². The van der Waals surface area contributed by atoms with E-state index in [0.717, 1.165) is 16.6 Å². The van der Waals surface area contributed by atoms with Gasteiger partial charge in [0.25, 0.3) is 0 Å². The summed E-state index contributed by atoms with van der Waals surface area (Å²) in [5, 5.41) is 10.5. The predicted molar refractivity (Wildman–Crippen MR) is 67.5 cm³/mol. The maximum absolute atomic E-state index is 11.1. The summed E-state index contributed by atoms with van der Waals surface area (Å²) in [5.41, 5.74) is 7.91. The molecule has 0 radical (unpaired) electrons. The number of nitrogens with one attached hydrogen (secondary N) is 1. The molecule has 1 heterocycles. The highest BCUT2D eigenvalue weighted by atomic mass is 35.5. The Kier molecular flexibility index (Phi) is 3.09. The van der Waals surface area contributed by atoms with Crippen LogP contribution >= 0.6 is 11.6 Å². The standard InChI is InChI=1S/C12H13ClN2O2/c1-6-2-7-3-10(13)8(4-11(7)15-6)9(5-14)12(16)17/h2-4,9,15H,5,14H2,1H3,(H,16,17). The van der Waals surface area contributed by atoms with Crippen molar-refractivity contribution in [3.63, 3.8) is 0 Å². The van der Waals surface area contributed by atoms with Crippen LogP contribution in [0.2, 0.25) is 5.02 Å². The summed E-state index contributed by atoms with van der Waals surface area (Å²) >= 11 is 6.10. The lowest BCUT2D eigenvalue weighted by Crippen LogP contribution is -2.21. The number of aliphatic carboxylic acids is 1. The van der Waals surface area contributed by atoms with Crippen LogP contribution in [0.25, 0.3) is 10.9 Å². The molecule has 0 amide bonds. The van der Waals surface area contributed by atoms with E-state index in [9.17, 15) is 4.79 Å². The smallest absolute Gasteiger partial charge is 0.312 e. The van der Waals surface area contributed by atoms with E-state index in [1.165, 1.54) is 0 Å². The summed E-state index contributed by atoms with van der Waals surface area (Å²) in [4.78, 5) is 14.2. The highest BCUT2D eigenvalue weighted by Crippen LogP contribution is 2.29. The Labute approximate surface area is 103 Å². The van der Waals surface area contributed by atoms with Gasteiger partial charge >= 0.3 is 5.97 Å². The molecule has 1 atom stereocenters. The molecule has 4 N–H and O–H groups in total. The van der Waals surface area contributed by atoms with E-state index in [0.29, 0.717) is 10.6 Å². The van der Waals surface area contributed by atoms with E-state index in [4.69, 9.17) is 22.4 Å². The highest BCUT2D eigenvalue weighted by Gasteiger charge is 2.21. The Morgan fingerprint density at radius 1 is 1.53 bits per heavy atom. The summed E-state index contributed by atoms with van der Waals surface area (Å²) in [6, 6.07) is 5.49. The number of carboxylic acids is 1. The molecule has 1 aromatic carbocycles. The highest BCUT2D eigenvalue weighted by molar-refractivity contribution is 6.32. The lowest BCUT2D eigenvalue weighted by atomic mass is 9.98. The van der Waals surface area contributed by atoms with E-state index in [1.54, 1.807) is 12.1 Å². The van der Waals surface area contributed by atoms with Gasteiger partial charge in [-0.15, -0.1) is 0 Å². The van der Waals surface area contributed by atoms with Gasteiger partial charge in [0.2, 0.25) is 0 Å². The molecule has 90 valence electrons. The fraction of sp³-hybridized carbons (Fsp3) is 0.250. The molecular formula is C12H13ClN2O2. The number of carboxylic acid groups (broad SMARTS) is 1. The monoisotopic (exact) mass is 252 g/mol. The Bertz CT molecular complexity index is 577. The molecule has 0 fully saturated rings. The number of H-pyrrole nitrogens is 1. The van der Waals surface area contributed by atoms with Crippen molar-refractivity contribution in [3.8, 4) is 0 Å². The zero-order valence-corrected chi connectivity index (χ0v) is 10.1. The van der Waals surface area contributed by atoms with E-state index < -0.39 is 11.9 Å². The van der Waals surface area contributed by atoms with Crippen LogP contribution in [-0.2, 0) is 4.79 Å². The van der Waals surface area contributed by atoms with Crippen LogP contribution in [0, 0.1) is 6.92 Å². The molecule has 0 aliphatic carbocycles. The third-order valence-electron chi connectivity index (χ3n) is 2.78. The Morgan fingerprint density at radius 3 is 2.82 bits per heavy atom. The fourth-order valence-electron chi connectivity index (χ4n) is 1.94. The molecule has 4 nitrogen and oxygen atoms in total. The van der Waals surface area contributed by atoms with Crippen molar-refractivity contribution in [2.75, 3.05) is 6.54 Å². The normalized spacial score (nSPS) is 12.9. The number of fused-ring (bicyclic) bond motifs is 1. The number of aromatic amines is 1. The summed E-state index contributed by atoms with van der Waals surface area (Å²) in [7, 11) is 0. The van der Waals surface area contributed by atoms with Gasteiger partial charge in [0.15, 0.2) is 0 Å².